The minimum atomic E-state index is -0.354. The minimum Gasteiger partial charge on any atom is -0.393 e. The van der Waals surface area contributed by atoms with Gasteiger partial charge in [-0.1, -0.05) is 137 Å². The fraction of sp³-hybridized carbons (Fsp3) is 0.773. The minimum absolute atomic E-state index is 0.352. The van der Waals surface area contributed by atoms with E-state index in [1.54, 1.807) is 11.1 Å². The standard InChI is InChI=1S/C44H78O3/c1-7-9-11-13-19-29-39(3)33-25-27-35-41(5)31-21-15-17-23-37-43(45)47-44(46)38-24-18-16-22-32-42(6)36-28-26-34-40(4)30-20-14-12-10-8-2/h33-36H,7-32,37-38H2,1-6H3. The molecule has 272 valence electrons. The fourth-order valence-electron chi connectivity index (χ4n) is 6.02. The number of carbonyl (C=O) groups excluding carboxylic acids is 2. The molecule has 0 radical (unpaired) electrons. The highest BCUT2D eigenvalue weighted by Gasteiger charge is 2.10. The molecule has 0 amide bonds. The van der Waals surface area contributed by atoms with Gasteiger partial charge in [0.2, 0.25) is 0 Å². The van der Waals surface area contributed by atoms with E-state index in [9.17, 15) is 9.59 Å². The number of hydrogen-bond donors (Lipinski definition) is 0. The topological polar surface area (TPSA) is 43.4 Å². The SMILES string of the molecule is CCCCCCCC(C)=CCCC=C(C)CCCCCCC(=O)OC(=O)CCCCCCC(C)=CCCC=C(C)CCCCCCC. The maximum absolute atomic E-state index is 12.1. The van der Waals surface area contributed by atoms with Crippen molar-refractivity contribution in [3.63, 3.8) is 0 Å². The van der Waals surface area contributed by atoms with E-state index < -0.39 is 0 Å². The number of ether oxygens (including phenoxy) is 1. The lowest BCUT2D eigenvalue weighted by molar-refractivity contribution is -0.159. The number of esters is 2. The van der Waals surface area contributed by atoms with Gasteiger partial charge in [0.05, 0.1) is 0 Å². The molecule has 3 nitrogen and oxygen atoms in total. The van der Waals surface area contributed by atoms with E-state index in [0.717, 1.165) is 89.9 Å². The van der Waals surface area contributed by atoms with E-state index in [4.69, 9.17) is 4.74 Å². The second kappa shape index (κ2) is 34.0. The van der Waals surface area contributed by atoms with Crippen molar-refractivity contribution in [2.24, 2.45) is 0 Å². The Morgan fingerprint density at radius 3 is 0.851 bits per heavy atom. The largest absolute Gasteiger partial charge is 0.393 e. The van der Waals surface area contributed by atoms with Gasteiger partial charge in [0, 0.05) is 12.8 Å². The maximum atomic E-state index is 12.1. The molecule has 47 heavy (non-hydrogen) atoms. The third-order valence-electron chi connectivity index (χ3n) is 9.29. The molecule has 0 rings (SSSR count). The molecule has 0 aromatic heterocycles. The summed E-state index contributed by atoms with van der Waals surface area (Å²) in [5.41, 5.74) is 6.04. The van der Waals surface area contributed by atoms with E-state index in [0.29, 0.717) is 12.8 Å². The molecule has 0 bridgehead atoms. The highest BCUT2D eigenvalue weighted by Crippen LogP contribution is 2.16. The van der Waals surface area contributed by atoms with Gasteiger partial charge in [-0.25, -0.2) is 0 Å². The third-order valence-corrected chi connectivity index (χ3v) is 9.29. The number of hydrogen-bond acceptors (Lipinski definition) is 3. The summed E-state index contributed by atoms with van der Waals surface area (Å²) in [5, 5.41) is 0. The highest BCUT2D eigenvalue weighted by atomic mass is 16.6. The molecule has 0 aliphatic rings. The van der Waals surface area contributed by atoms with Crippen LogP contribution < -0.4 is 0 Å². The van der Waals surface area contributed by atoms with Crippen LogP contribution >= 0.6 is 0 Å². The molecule has 3 heteroatoms. The molecule has 0 aromatic carbocycles. The van der Waals surface area contributed by atoms with Gasteiger partial charge in [0.15, 0.2) is 0 Å². The summed E-state index contributed by atoms with van der Waals surface area (Å²) < 4.78 is 5.05. The van der Waals surface area contributed by atoms with Crippen molar-refractivity contribution in [3.05, 3.63) is 46.6 Å². The molecule has 0 unspecified atom stereocenters. The van der Waals surface area contributed by atoms with Crippen LogP contribution in [0.2, 0.25) is 0 Å². The molecule has 0 spiro atoms. The van der Waals surface area contributed by atoms with Gasteiger partial charge in [-0.15, -0.1) is 0 Å². The van der Waals surface area contributed by atoms with Gasteiger partial charge >= 0.3 is 11.9 Å². The van der Waals surface area contributed by atoms with E-state index in [1.165, 1.54) is 88.2 Å². The summed E-state index contributed by atoms with van der Waals surface area (Å²) in [6.45, 7) is 13.6. The van der Waals surface area contributed by atoms with E-state index in [1.807, 2.05) is 0 Å². The quantitative estimate of drug-likeness (QED) is 0.0314. The summed E-state index contributed by atoms with van der Waals surface area (Å²) >= 11 is 0. The van der Waals surface area contributed by atoms with Crippen molar-refractivity contribution in [3.8, 4) is 0 Å². The average Bonchev–Trinajstić information content (AvgIpc) is 3.04. The predicted octanol–water partition coefficient (Wildman–Crippen LogP) is 14.8. The van der Waals surface area contributed by atoms with Crippen LogP contribution in [0, 0.1) is 0 Å². The van der Waals surface area contributed by atoms with Crippen LogP contribution in [0.15, 0.2) is 46.6 Å². The van der Waals surface area contributed by atoms with Crippen LogP contribution in [0.4, 0.5) is 0 Å². The fourth-order valence-corrected chi connectivity index (χ4v) is 6.02. The highest BCUT2D eigenvalue weighted by molar-refractivity contribution is 5.85. The summed E-state index contributed by atoms with van der Waals surface area (Å²) in [5.74, 6) is -0.707. The van der Waals surface area contributed by atoms with Gasteiger partial charge < -0.3 is 4.74 Å². The molecule has 0 saturated heterocycles. The van der Waals surface area contributed by atoms with Gasteiger partial charge in [0.1, 0.15) is 0 Å². The van der Waals surface area contributed by atoms with Crippen molar-refractivity contribution in [1.82, 2.24) is 0 Å². The Balaban J connectivity index is 3.74. The summed E-state index contributed by atoms with van der Waals surface area (Å²) in [7, 11) is 0. The number of rotatable bonds is 32. The van der Waals surface area contributed by atoms with Gasteiger partial charge in [-0.05, 0) is 118 Å². The van der Waals surface area contributed by atoms with Crippen molar-refractivity contribution in [1.29, 1.82) is 0 Å². The van der Waals surface area contributed by atoms with Crippen LogP contribution in [0.25, 0.3) is 0 Å². The molecule has 0 heterocycles. The first-order chi connectivity index (χ1) is 22.8. The summed E-state index contributed by atoms with van der Waals surface area (Å²) in [6, 6.07) is 0. The monoisotopic (exact) mass is 655 g/mol. The molecule has 0 aromatic rings. The smallest absolute Gasteiger partial charge is 0.313 e. The third kappa shape index (κ3) is 33.8. The molecule has 0 N–H and O–H groups in total. The van der Waals surface area contributed by atoms with Crippen LogP contribution in [-0.4, -0.2) is 11.9 Å². The Kier molecular flexibility index (Phi) is 32.6. The Hall–Kier alpha value is -1.90. The zero-order chi connectivity index (χ0) is 34.8. The first kappa shape index (κ1) is 45.1. The van der Waals surface area contributed by atoms with Crippen molar-refractivity contribution < 1.29 is 14.3 Å². The van der Waals surface area contributed by atoms with E-state index in [-0.39, 0.29) is 11.9 Å². The Morgan fingerprint density at radius 1 is 0.362 bits per heavy atom. The second-order valence-electron chi connectivity index (χ2n) is 14.4. The molecule has 0 atom stereocenters. The van der Waals surface area contributed by atoms with Crippen molar-refractivity contribution in [2.45, 2.75) is 221 Å². The zero-order valence-corrected chi connectivity index (χ0v) is 32.3. The second-order valence-corrected chi connectivity index (χ2v) is 14.4. The predicted molar refractivity (Wildman–Crippen MR) is 207 cm³/mol. The molecular weight excluding hydrogens is 576 g/mol. The lowest BCUT2D eigenvalue weighted by Crippen LogP contribution is -2.11. The first-order valence-electron chi connectivity index (χ1n) is 20.1. The summed E-state index contributed by atoms with van der Waals surface area (Å²) in [6.07, 6.45) is 41.4. The Labute approximate surface area is 293 Å². The van der Waals surface area contributed by atoms with Gasteiger partial charge in [-0.2, -0.15) is 0 Å². The van der Waals surface area contributed by atoms with Crippen LogP contribution in [0.1, 0.15) is 221 Å². The van der Waals surface area contributed by atoms with E-state index >= 15 is 0 Å². The lowest BCUT2D eigenvalue weighted by atomic mass is 10.0. The van der Waals surface area contributed by atoms with Crippen LogP contribution in [0.5, 0.6) is 0 Å². The van der Waals surface area contributed by atoms with Crippen molar-refractivity contribution >= 4 is 11.9 Å². The van der Waals surface area contributed by atoms with Gasteiger partial charge in [0.25, 0.3) is 0 Å². The Morgan fingerprint density at radius 2 is 0.596 bits per heavy atom. The molecule has 0 aliphatic carbocycles. The van der Waals surface area contributed by atoms with Gasteiger partial charge in [-0.3, -0.25) is 9.59 Å². The Bertz CT molecular complexity index is 816. The lowest BCUT2D eigenvalue weighted by Gasteiger charge is -2.05. The van der Waals surface area contributed by atoms with Crippen LogP contribution in [-0.2, 0) is 14.3 Å². The van der Waals surface area contributed by atoms with Crippen molar-refractivity contribution in [2.75, 3.05) is 0 Å². The number of carbonyl (C=O) groups is 2. The van der Waals surface area contributed by atoms with E-state index in [2.05, 4.69) is 65.8 Å². The number of unbranched alkanes of at least 4 members (excludes halogenated alkanes) is 16. The number of allylic oxidation sites excluding steroid dienone is 8. The maximum Gasteiger partial charge on any atom is 0.313 e. The normalized spacial score (nSPS) is 13.0. The molecule has 0 aliphatic heterocycles. The average molecular weight is 655 g/mol. The molecular formula is C44H78O3. The first-order valence-corrected chi connectivity index (χ1v) is 20.1. The zero-order valence-electron chi connectivity index (χ0n) is 32.3. The summed E-state index contributed by atoms with van der Waals surface area (Å²) in [4.78, 5) is 24.1. The van der Waals surface area contributed by atoms with Crippen LogP contribution in [0.3, 0.4) is 0 Å². The molecule has 0 fully saturated rings. The molecule has 0 saturated carbocycles.